The molecule has 0 saturated heterocycles. The second-order valence-electron chi connectivity index (χ2n) is 5.06. The van der Waals surface area contributed by atoms with Gasteiger partial charge in [0.25, 0.3) is 0 Å². The molecule has 3 unspecified atom stereocenters. The molecule has 0 spiro atoms. The summed E-state index contributed by atoms with van der Waals surface area (Å²) in [4.78, 5) is 4.21. The fourth-order valence-electron chi connectivity index (χ4n) is 2.63. The molecule has 1 heterocycles. The van der Waals surface area contributed by atoms with E-state index in [-0.39, 0.29) is 0 Å². The van der Waals surface area contributed by atoms with Crippen LogP contribution in [-0.4, -0.2) is 11.0 Å². The molecule has 3 heteroatoms. The van der Waals surface area contributed by atoms with Gasteiger partial charge in [0.2, 0.25) is 0 Å². The van der Waals surface area contributed by atoms with Gasteiger partial charge in [-0.25, -0.2) is 0 Å². The number of hydrogen-bond donors (Lipinski definition) is 1. The summed E-state index contributed by atoms with van der Waals surface area (Å²) in [7, 11) is 0. The largest absolute Gasteiger partial charge is 0.327 e. The predicted octanol–water partition coefficient (Wildman–Crippen LogP) is 3.15. The van der Waals surface area contributed by atoms with Gasteiger partial charge >= 0.3 is 0 Å². The van der Waals surface area contributed by atoms with Crippen LogP contribution in [0, 0.1) is 11.8 Å². The minimum absolute atomic E-state index is 0.371. The van der Waals surface area contributed by atoms with Crippen molar-refractivity contribution in [1.82, 2.24) is 4.98 Å². The number of halogens is 1. The average molecular weight is 283 g/mol. The number of hydrogen-bond acceptors (Lipinski definition) is 2. The van der Waals surface area contributed by atoms with Crippen LogP contribution in [0.4, 0.5) is 0 Å². The molecule has 1 fully saturated rings. The maximum Gasteiger partial charge on any atom is 0.0410 e. The second kappa shape index (κ2) is 5.28. The highest BCUT2D eigenvalue weighted by Crippen LogP contribution is 2.30. The maximum absolute atomic E-state index is 6.19. The Kier molecular flexibility index (Phi) is 3.98. The Labute approximate surface area is 106 Å². The Hall–Kier alpha value is -0.410. The van der Waals surface area contributed by atoms with Crippen molar-refractivity contribution in [3.63, 3.8) is 0 Å². The van der Waals surface area contributed by atoms with Gasteiger partial charge in [-0.15, -0.1) is 0 Å². The molecule has 0 amide bonds. The molecular weight excluding hydrogens is 264 g/mol. The lowest BCUT2D eigenvalue weighted by atomic mass is 9.76. The molecule has 1 aliphatic rings. The molecule has 88 valence electrons. The zero-order valence-corrected chi connectivity index (χ0v) is 11.3. The van der Waals surface area contributed by atoms with Crippen molar-refractivity contribution in [1.29, 1.82) is 0 Å². The molecule has 0 bridgehead atoms. The molecule has 0 radical (unpaired) electrons. The molecule has 2 N–H and O–H groups in total. The van der Waals surface area contributed by atoms with Crippen LogP contribution >= 0.6 is 15.9 Å². The Morgan fingerprint density at radius 1 is 1.44 bits per heavy atom. The van der Waals surface area contributed by atoms with Gasteiger partial charge in [-0.2, -0.15) is 0 Å². The fraction of sp³-hybridized carbons (Fsp3) is 0.615. The topological polar surface area (TPSA) is 38.9 Å². The summed E-state index contributed by atoms with van der Waals surface area (Å²) in [6.45, 7) is 2.33. The third kappa shape index (κ3) is 3.05. The van der Waals surface area contributed by atoms with E-state index >= 15 is 0 Å². The minimum Gasteiger partial charge on any atom is -0.327 e. The summed E-state index contributed by atoms with van der Waals surface area (Å²) >= 11 is 3.46. The summed E-state index contributed by atoms with van der Waals surface area (Å²) < 4.78 is 1.06. The van der Waals surface area contributed by atoms with Crippen molar-refractivity contribution in [2.45, 2.75) is 38.6 Å². The molecule has 0 aromatic carbocycles. The van der Waals surface area contributed by atoms with Gasteiger partial charge in [-0.05, 0) is 65.1 Å². The first-order valence-electron chi connectivity index (χ1n) is 6.00. The minimum atomic E-state index is 0.371. The molecule has 16 heavy (non-hydrogen) atoms. The van der Waals surface area contributed by atoms with E-state index in [4.69, 9.17) is 5.73 Å². The van der Waals surface area contributed by atoms with Crippen LogP contribution in [0.3, 0.4) is 0 Å². The number of nitrogens with two attached hydrogens (primary N) is 1. The lowest BCUT2D eigenvalue weighted by Gasteiger charge is -2.32. The fourth-order valence-corrected chi connectivity index (χ4v) is 3.04. The molecule has 1 saturated carbocycles. The van der Waals surface area contributed by atoms with Gasteiger partial charge in [0, 0.05) is 22.9 Å². The summed E-state index contributed by atoms with van der Waals surface area (Å²) in [6, 6.07) is 2.52. The summed E-state index contributed by atoms with van der Waals surface area (Å²) in [6.07, 6.45) is 8.57. The van der Waals surface area contributed by atoms with E-state index in [2.05, 4.69) is 33.9 Å². The molecule has 2 nitrogen and oxygen atoms in total. The number of aromatic nitrogens is 1. The van der Waals surface area contributed by atoms with Gasteiger partial charge in [-0.1, -0.05) is 6.92 Å². The van der Waals surface area contributed by atoms with E-state index < -0.39 is 0 Å². The first-order chi connectivity index (χ1) is 7.65. The highest BCUT2D eigenvalue weighted by molar-refractivity contribution is 9.10. The highest BCUT2D eigenvalue weighted by atomic mass is 79.9. The van der Waals surface area contributed by atoms with Crippen molar-refractivity contribution >= 4 is 15.9 Å². The predicted molar refractivity (Wildman–Crippen MR) is 70.1 cm³/mol. The quantitative estimate of drug-likeness (QED) is 0.905. The smallest absolute Gasteiger partial charge is 0.0410 e. The SMILES string of the molecule is CC1CCC(N)C(Cc2cncc(Br)c2)C1. The normalized spacial score (nSPS) is 30.3. The van der Waals surface area contributed by atoms with Gasteiger partial charge in [0.1, 0.15) is 0 Å². The molecule has 2 rings (SSSR count). The average Bonchev–Trinajstić information content (AvgIpc) is 2.24. The Morgan fingerprint density at radius 2 is 2.25 bits per heavy atom. The van der Waals surface area contributed by atoms with Crippen LogP contribution in [0.15, 0.2) is 22.9 Å². The second-order valence-corrected chi connectivity index (χ2v) is 5.97. The van der Waals surface area contributed by atoms with Crippen LogP contribution in [-0.2, 0) is 6.42 Å². The maximum atomic E-state index is 6.19. The molecule has 3 atom stereocenters. The third-order valence-electron chi connectivity index (χ3n) is 3.56. The number of rotatable bonds is 2. The summed E-state index contributed by atoms with van der Waals surface area (Å²) in [5, 5.41) is 0. The van der Waals surface area contributed by atoms with Gasteiger partial charge in [-0.3, -0.25) is 4.98 Å². The van der Waals surface area contributed by atoms with Crippen molar-refractivity contribution in [2.75, 3.05) is 0 Å². The Morgan fingerprint density at radius 3 is 3.00 bits per heavy atom. The van der Waals surface area contributed by atoms with Crippen LogP contribution < -0.4 is 5.73 Å². The van der Waals surface area contributed by atoms with Gasteiger partial charge in [0.05, 0.1) is 0 Å². The molecule has 0 aliphatic heterocycles. The Balaban J connectivity index is 2.02. The van der Waals surface area contributed by atoms with Crippen LogP contribution in [0.2, 0.25) is 0 Å². The first-order valence-corrected chi connectivity index (χ1v) is 6.79. The molecule has 1 aromatic heterocycles. The van der Waals surface area contributed by atoms with E-state index in [1.807, 2.05) is 12.4 Å². The van der Waals surface area contributed by atoms with E-state index in [0.717, 1.165) is 16.8 Å². The van der Waals surface area contributed by atoms with Crippen molar-refractivity contribution in [2.24, 2.45) is 17.6 Å². The van der Waals surface area contributed by atoms with Crippen LogP contribution in [0.1, 0.15) is 31.7 Å². The summed E-state index contributed by atoms with van der Waals surface area (Å²) in [5.74, 6) is 1.45. The van der Waals surface area contributed by atoms with Crippen LogP contribution in [0.25, 0.3) is 0 Å². The van der Waals surface area contributed by atoms with Gasteiger partial charge in [0.15, 0.2) is 0 Å². The molecule has 1 aromatic rings. The van der Waals surface area contributed by atoms with Crippen LogP contribution in [0.5, 0.6) is 0 Å². The number of pyridine rings is 1. The monoisotopic (exact) mass is 282 g/mol. The van der Waals surface area contributed by atoms with E-state index in [1.165, 1.54) is 24.8 Å². The Bertz CT molecular complexity index is 354. The number of nitrogens with zero attached hydrogens (tertiary/aromatic N) is 1. The van der Waals surface area contributed by atoms with E-state index in [0.29, 0.717) is 12.0 Å². The van der Waals surface area contributed by atoms with Gasteiger partial charge < -0.3 is 5.73 Å². The van der Waals surface area contributed by atoms with Crippen molar-refractivity contribution in [3.8, 4) is 0 Å². The third-order valence-corrected chi connectivity index (χ3v) is 4.00. The lowest BCUT2D eigenvalue weighted by molar-refractivity contribution is 0.244. The molecule has 1 aliphatic carbocycles. The zero-order chi connectivity index (χ0) is 11.5. The highest BCUT2D eigenvalue weighted by Gasteiger charge is 2.25. The molecular formula is C13H19BrN2. The lowest BCUT2D eigenvalue weighted by Crippen LogP contribution is -2.36. The first kappa shape index (κ1) is 12.1. The van der Waals surface area contributed by atoms with E-state index in [1.54, 1.807) is 0 Å². The van der Waals surface area contributed by atoms with Crippen molar-refractivity contribution in [3.05, 3.63) is 28.5 Å². The van der Waals surface area contributed by atoms with E-state index in [9.17, 15) is 0 Å². The zero-order valence-electron chi connectivity index (χ0n) is 9.70. The van der Waals surface area contributed by atoms with Crippen molar-refractivity contribution < 1.29 is 0 Å². The summed E-state index contributed by atoms with van der Waals surface area (Å²) in [5.41, 5.74) is 7.49. The standard InChI is InChI=1S/C13H19BrN2/c1-9-2-3-13(15)11(4-9)5-10-6-12(14)8-16-7-10/h6-9,11,13H,2-5,15H2,1H3.